The normalized spacial score (nSPS) is 9.93. The molecule has 15 heavy (non-hydrogen) atoms. The first-order valence-electron chi connectivity index (χ1n) is 4.49. The van der Waals surface area contributed by atoms with Crippen LogP contribution in [0.3, 0.4) is 0 Å². The van der Waals surface area contributed by atoms with Gasteiger partial charge in [0.25, 0.3) is 5.91 Å². The number of carbonyl (C=O) groups is 1. The lowest BCUT2D eigenvalue weighted by Gasteiger charge is -2.02. The minimum absolute atomic E-state index is 0.176. The lowest BCUT2D eigenvalue weighted by molar-refractivity contribution is 0.102. The Morgan fingerprint density at radius 1 is 1.40 bits per heavy atom. The number of aromatic amines is 1. The van der Waals surface area contributed by atoms with Crippen molar-refractivity contribution >= 4 is 11.7 Å². The zero-order valence-electron chi connectivity index (χ0n) is 8.19. The van der Waals surface area contributed by atoms with Gasteiger partial charge in [-0.2, -0.15) is 5.10 Å². The molecule has 0 unspecified atom stereocenters. The van der Waals surface area contributed by atoms with Crippen LogP contribution >= 0.6 is 0 Å². The van der Waals surface area contributed by atoms with Crippen molar-refractivity contribution in [2.24, 2.45) is 0 Å². The predicted molar refractivity (Wildman–Crippen MR) is 55.5 cm³/mol. The number of rotatable bonds is 2. The predicted octanol–water partition coefficient (Wildman–Crippen LogP) is 1.37. The van der Waals surface area contributed by atoms with Gasteiger partial charge in [0.05, 0.1) is 6.20 Å². The van der Waals surface area contributed by atoms with Crippen molar-refractivity contribution in [3.63, 3.8) is 0 Å². The smallest absolute Gasteiger partial charge is 0.256 e. The summed E-state index contributed by atoms with van der Waals surface area (Å²) in [4.78, 5) is 15.5. The van der Waals surface area contributed by atoms with Crippen molar-refractivity contribution in [1.82, 2.24) is 15.2 Å². The van der Waals surface area contributed by atoms with Crippen molar-refractivity contribution in [2.75, 3.05) is 5.32 Å². The molecule has 0 aliphatic heterocycles. The van der Waals surface area contributed by atoms with Crippen molar-refractivity contribution in [1.29, 1.82) is 0 Å². The van der Waals surface area contributed by atoms with E-state index in [1.54, 1.807) is 30.7 Å². The Morgan fingerprint density at radius 3 is 2.73 bits per heavy atom. The van der Waals surface area contributed by atoms with E-state index in [1.807, 2.05) is 6.92 Å². The molecule has 76 valence electrons. The molecule has 2 aromatic heterocycles. The van der Waals surface area contributed by atoms with Crippen molar-refractivity contribution in [3.05, 3.63) is 41.9 Å². The molecule has 0 saturated carbocycles. The van der Waals surface area contributed by atoms with Crippen LogP contribution in [0.2, 0.25) is 0 Å². The van der Waals surface area contributed by atoms with Gasteiger partial charge in [0.15, 0.2) is 0 Å². The van der Waals surface area contributed by atoms with E-state index in [9.17, 15) is 4.79 Å². The zero-order valence-corrected chi connectivity index (χ0v) is 8.19. The standard InChI is InChI=1S/C10H10N4O/c1-7-6-12-14-9(7)13-10(15)8-2-4-11-5-3-8/h2-6H,1H3,(H2,12,13,14,15). The Kier molecular flexibility index (Phi) is 2.45. The van der Waals surface area contributed by atoms with Crippen LogP contribution in [0.15, 0.2) is 30.7 Å². The number of anilines is 1. The van der Waals surface area contributed by atoms with Crippen LogP contribution in [0.4, 0.5) is 5.82 Å². The van der Waals surface area contributed by atoms with Gasteiger partial charge >= 0.3 is 0 Å². The molecule has 0 aliphatic carbocycles. The number of carbonyl (C=O) groups excluding carboxylic acids is 1. The molecule has 0 aliphatic rings. The summed E-state index contributed by atoms with van der Waals surface area (Å²) in [5.74, 6) is 0.446. The molecule has 0 fully saturated rings. The molecule has 0 bridgehead atoms. The first kappa shape index (κ1) is 9.39. The molecule has 2 aromatic rings. The third kappa shape index (κ3) is 2.01. The number of hydrogen-bond acceptors (Lipinski definition) is 3. The molecule has 2 N–H and O–H groups in total. The van der Waals surface area contributed by atoms with Gasteiger partial charge in [-0.25, -0.2) is 0 Å². The van der Waals surface area contributed by atoms with Gasteiger partial charge in [-0.3, -0.25) is 14.9 Å². The third-order valence-electron chi connectivity index (χ3n) is 2.01. The first-order chi connectivity index (χ1) is 7.27. The van der Waals surface area contributed by atoms with Gasteiger partial charge in [0.2, 0.25) is 0 Å². The van der Waals surface area contributed by atoms with E-state index >= 15 is 0 Å². The molecule has 0 atom stereocenters. The highest BCUT2D eigenvalue weighted by atomic mass is 16.1. The molecular weight excluding hydrogens is 192 g/mol. The van der Waals surface area contributed by atoms with E-state index in [2.05, 4.69) is 20.5 Å². The van der Waals surface area contributed by atoms with Crippen molar-refractivity contribution in [3.8, 4) is 0 Å². The summed E-state index contributed by atoms with van der Waals surface area (Å²) < 4.78 is 0. The van der Waals surface area contributed by atoms with E-state index in [0.717, 1.165) is 5.56 Å². The van der Waals surface area contributed by atoms with E-state index in [-0.39, 0.29) is 5.91 Å². The summed E-state index contributed by atoms with van der Waals surface area (Å²) in [6, 6.07) is 3.31. The Balaban J connectivity index is 2.15. The molecule has 0 aromatic carbocycles. The van der Waals surface area contributed by atoms with E-state index in [1.165, 1.54) is 0 Å². The monoisotopic (exact) mass is 202 g/mol. The minimum Gasteiger partial charge on any atom is -0.307 e. The van der Waals surface area contributed by atoms with E-state index < -0.39 is 0 Å². The highest BCUT2D eigenvalue weighted by molar-refractivity contribution is 6.03. The average Bonchev–Trinajstić information content (AvgIpc) is 2.66. The second-order valence-electron chi connectivity index (χ2n) is 3.12. The summed E-state index contributed by atoms with van der Waals surface area (Å²) in [6.07, 6.45) is 4.81. The molecule has 2 rings (SSSR count). The Hall–Kier alpha value is -2.17. The largest absolute Gasteiger partial charge is 0.307 e. The van der Waals surface area contributed by atoms with E-state index in [0.29, 0.717) is 11.4 Å². The van der Waals surface area contributed by atoms with Crippen LogP contribution in [0.25, 0.3) is 0 Å². The molecular formula is C10H10N4O. The lowest BCUT2D eigenvalue weighted by atomic mass is 10.2. The number of pyridine rings is 1. The number of nitrogens with one attached hydrogen (secondary N) is 2. The fraction of sp³-hybridized carbons (Fsp3) is 0.100. The molecule has 5 nitrogen and oxygen atoms in total. The summed E-state index contributed by atoms with van der Waals surface area (Å²) in [7, 11) is 0. The van der Waals surface area contributed by atoms with Gasteiger partial charge in [-0.15, -0.1) is 0 Å². The lowest BCUT2D eigenvalue weighted by Crippen LogP contribution is -2.12. The molecule has 1 amide bonds. The number of nitrogens with zero attached hydrogens (tertiary/aromatic N) is 2. The summed E-state index contributed by atoms with van der Waals surface area (Å²) in [6.45, 7) is 1.87. The fourth-order valence-electron chi connectivity index (χ4n) is 1.16. The van der Waals surface area contributed by atoms with Crippen LogP contribution in [0.5, 0.6) is 0 Å². The molecule has 5 heteroatoms. The maximum Gasteiger partial charge on any atom is 0.256 e. The topological polar surface area (TPSA) is 70.7 Å². The van der Waals surface area contributed by atoms with Gasteiger partial charge in [-0.05, 0) is 19.1 Å². The van der Waals surface area contributed by atoms with Crippen LogP contribution in [-0.2, 0) is 0 Å². The molecule has 2 heterocycles. The van der Waals surface area contributed by atoms with Crippen molar-refractivity contribution in [2.45, 2.75) is 6.92 Å². The number of aryl methyl sites for hydroxylation is 1. The van der Waals surface area contributed by atoms with Gasteiger partial charge in [-0.1, -0.05) is 0 Å². The van der Waals surface area contributed by atoms with Crippen LogP contribution in [0, 0.1) is 6.92 Å². The Morgan fingerprint density at radius 2 is 2.13 bits per heavy atom. The Labute approximate surface area is 86.5 Å². The Bertz CT molecular complexity index is 463. The third-order valence-corrected chi connectivity index (χ3v) is 2.01. The van der Waals surface area contributed by atoms with Gasteiger partial charge < -0.3 is 5.32 Å². The molecule has 0 saturated heterocycles. The summed E-state index contributed by atoms with van der Waals surface area (Å²) >= 11 is 0. The fourth-order valence-corrected chi connectivity index (χ4v) is 1.16. The number of aromatic nitrogens is 3. The van der Waals surface area contributed by atoms with Gasteiger partial charge in [0, 0.05) is 23.5 Å². The summed E-state index contributed by atoms with van der Waals surface area (Å²) in [5.41, 5.74) is 1.47. The quantitative estimate of drug-likeness (QED) is 0.772. The number of hydrogen-bond donors (Lipinski definition) is 2. The number of amides is 1. The van der Waals surface area contributed by atoms with Crippen LogP contribution < -0.4 is 5.32 Å². The maximum absolute atomic E-state index is 11.7. The second kappa shape index (κ2) is 3.91. The highest BCUT2D eigenvalue weighted by Gasteiger charge is 2.07. The number of H-pyrrole nitrogens is 1. The molecule has 0 spiro atoms. The van der Waals surface area contributed by atoms with E-state index in [4.69, 9.17) is 0 Å². The van der Waals surface area contributed by atoms with Gasteiger partial charge in [0.1, 0.15) is 5.82 Å². The minimum atomic E-state index is -0.176. The van der Waals surface area contributed by atoms with Crippen LogP contribution in [0.1, 0.15) is 15.9 Å². The maximum atomic E-state index is 11.7. The molecule has 0 radical (unpaired) electrons. The second-order valence-corrected chi connectivity index (χ2v) is 3.12. The first-order valence-corrected chi connectivity index (χ1v) is 4.49. The van der Waals surface area contributed by atoms with Crippen LogP contribution in [-0.4, -0.2) is 21.1 Å². The highest BCUT2D eigenvalue weighted by Crippen LogP contribution is 2.10. The SMILES string of the molecule is Cc1cn[nH]c1NC(=O)c1ccncc1. The average molecular weight is 202 g/mol. The summed E-state index contributed by atoms with van der Waals surface area (Å²) in [5, 5.41) is 9.25. The zero-order chi connectivity index (χ0) is 10.7. The van der Waals surface area contributed by atoms with Crippen molar-refractivity contribution < 1.29 is 4.79 Å².